The predicted molar refractivity (Wildman–Crippen MR) is 252 cm³/mol. The van der Waals surface area contributed by atoms with Crippen molar-refractivity contribution < 1.29 is 72.3 Å². The Kier molecular flexibility index (Phi) is 23.3. The van der Waals surface area contributed by atoms with Gasteiger partial charge in [-0.15, -0.1) is 0 Å². The Morgan fingerprint density at radius 3 is 0.877 bits per heavy atom. The first-order valence-corrected chi connectivity index (χ1v) is 26.0. The molecule has 18 heteroatoms. The fraction of sp³-hybridized carbons (Fsp3) is 0.362. The Labute approximate surface area is 387 Å². The van der Waals surface area contributed by atoms with Crippen molar-refractivity contribution in [2.24, 2.45) is 5.41 Å². The van der Waals surface area contributed by atoms with Crippen molar-refractivity contribution in [3.8, 4) is 0 Å². The van der Waals surface area contributed by atoms with Gasteiger partial charge >= 0.3 is 36.4 Å². The molecule has 3 aromatic rings. The summed E-state index contributed by atoms with van der Waals surface area (Å²) in [5, 5.41) is 7.56. The number of rotatable bonds is 21. The normalized spacial score (nSPS) is 13.1. The molecule has 0 aromatic heterocycles. The summed E-state index contributed by atoms with van der Waals surface area (Å²) in [5.74, 6) is -2.88. The fourth-order valence-electron chi connectivity index (χ4n) is 6.21. The molecule has 0 N–H and O–H groups in total. The highest BCUT2D eigenvalue weighted by molar-refractivity contribution is 6.61. The van der Waals surface area contributed by atoms with E-state index in [0.29, 0.717) is 0 Å². The van der Waals surface area contributed by atoms with Crippen LogP contribution in [0.3, 0.4) is 0 Å². The van der Waals surface area contributed by atoms with Crippen LogP contribution in [0.15, 0.2) is 107 Å². The van der Waals surface area contributed by atoms with Gasteiger partial charge in [0.25, 0.3) is 0 Å². The predicted octanol–water partition coefficient (Wildman–Crippen LogP) is 6.26. The number of benzene rings is 3. The maximum atomic E-state index is 12.6. The zero-order valence-corrected chi connectivity index (χ0v) is 42.5. The number of carbonyl (C=O) groups is 6. The van der Waals surface area contributed by atoms with E-state index in [9.17, 15) is 28.8 Å². The third-order valence-electron chi connectivity index (χ3n) is 9.87. The van der Waals surface area contributed by atoms with Gasteiger partial charge in [0.2, 0.25) is 0 Å². The largest absolute Gasteiger partial charge is 0.549 e. The third-order valence-corrected chi connectivity index (χ3v) is 16.2. The molecule has 0 saturated heterocycles. The van der Waals surface area contributed by atoms with Crippen molar-refractivity contribution in [2.75, 3.05) is 19.8 Å². The van der Waals surface area contributed by atoms with Crippen LogP contribution < -0.4 is 15.6 Å². The summed E-state index contributed by atoms with van der Waals surface area (Å²) in [7, 11) is -2.05. The molecule has 0 aliphatic heterocycles. The van der Waals surface area contributed by atoms with Gasteiger partial charge in [0.1, 0.15) is 19.8 Å². The number of hydrogen-bond acceptors (Lipinski definition) is 15. The van der Waals surface area contributed by atoms with E-state index in [-0.39, 0.29) is 16.7 Å². The zero-order valence-electron chi connectivity index (χ0n) is 38.3. The van der Waals surface area contributed by atoms with E-state index < -0.39 is 90.2 Å². The van der Waals surface area contributed by atoms with Crippen molar-refractivity contribution in [1.82, 2.24) is 0 Å². The van der Waals surface area contributed by atoms with Crippen molar-refractivity contribution in [3.63, 3.8) is 0 Å². The van der Waals surface area contributed by atoms with Crippen LogP contribution in [0.4, 0.5) is 14.4 Å². The minimum absolute atomic E-state index is 0.131. The Morgan fingerprint density at radius 1 is 0.415 bits per heavy atom. The van der Waals surface area contributed by atoms with Crippen LogP contribution in [0.2, 0.25) is 0 Å². The highest BCUT2D eigenvalue weighted by Crippen LogP contribution is 2.20. The molecular weight excluding hydrogens is 889 g/mol. The molecule has 0 saturated carbocycles. The lowest BCUT2D eigenvalue weighted by Crippen LogP contribution is -2.37. The smallest absolute Gasteiger partial charge is 0.431 e. The average molecular weight is 949 g/mol. The molecule has 65 heavy (non-hydrogen) atoms. The second kappa shape index (κ2) is 28.5. The molecule has 15 nitrogen and oxygen atoms in total. The summed E-state index contributed by atoms with van der Waals surface area (Å²) in [6.07, 6.45) is 8.00. The van der Waals surface area contributed by atoms with Gasteiger partial charge in [-0.25, -0.2) is 43.7 Å². The SMILES string of the molecule is CC/C=C(\CC)[SiH2]c1ccc(C(=O)OOC(=O)OCC(C)(COC(=O)OOC(=O)c2ccc([SiH2]/C(=C/CC)CC)cc2)COC(=O)OOC(=O)c2ccc([SiH2]/C(=C/CC)CC)cc2)cc1. The second-order valence-corrected chi connectivity index (χ2v) is 21.5. The van der Waals surface area contributed by atoms with Gasteiger partial charge in [-0.05, 0) is 81.8 Å². The van der Waals surface area contributed by atoms with Crippen molar-refractivity contribution in [2.45, 2.75) is 87.0 Å². The molecule has 0 bridgehead atoms. The zero-order chi connectivity index (χ0) is 47.6. The lowest BCUT2D eigenvalue weighted by Gasteiger charge is -2.26. The van der Waals surface area contributed by atoms with E-state index in [1.54, 1.807) is 36.4 Å². The van der Waals surface area contributed by atoms with Gasteiger partial charge in [-0.1, -0.05) is 127 Å². The molecule has 0 unspecified atom stereocenters. The van der Waals surface area contributed by atoms with E-state index in [0.717, 1.165) is 54.1 Å². The van der Waals surface area contributed by atoms with Crippen LogP contribution in [0.5, 0.6) is 0 Å². The van der Waals surface area contributed by atoms with Gasteiger partial charge in [0, 0.05) is 0 Å². The minimum Gasteiger partial charge on any atom is -0.431 e. The maximum absolute atomic E-state index is 12.6. The van der Waals surface area contributed by atoms with Crippen molar-refractivity contribution in [1.29, 1.82) is 0 Å². The van der Waals surface area contributed by atoms with E-state index in [4.69, 9.17) is 14.2 Å². The van der Waals surface area contributed by atoms with Crippen molar-refractivity contribution >= 4 is 80.5 Å². The molecule has 0 fully saturated rings. The average Bonchev–Trinajstić information content (AvgIpc) is 3.32. The number of hydrogen-bond donors (Lipinski definition) is 0. The van der Waals surface area contributed by atoms with Gasteiger partial charge in [0.15, 0.2) is 0 Å². The standard InChI is InChI=1S/C47H60O15Si3/c1-8-14-35(11-4)63-38-23-17-32(18-24-38)41(48)57-60-44(51)54-29-47(7,30-55-45(52)61-58-42(49)33-19-25-39(26-20-33)64-36(12-5)15-9-2)31-56-46(53)62-59-43(50)34-21-27-40(28-22-34)65-37(13-6)16-10-3/h14-28H,8-13,29-31,63-65H2,1-7H3/b35-14+,36-15+,37-16+. The van der Waals surface area contributed by atoms with E-state index >= 15 is 0 Å². The Morgan fingerprint density at radius 2 is 0.662 bits per heavy atom. The molecular formula is C47H60O15Si3. The van der Waals surface area contributed by atoms with Crippen LogP contribution in [0, 0.1) is 5.41 Å². The number of ether oxygens (including phenoxy) is 3. The van der Waals surface area contributed by atoms with Crippen LogP contribution in [0.25, 0.3) is 0 Å². The topological polar surface area (TPSA) is 185 Å². The second-order valence-electron chi connectivity index (χ2n) is 15.3. The lowest BCUT2D eigenvalue weighted by molar-refractivity contribution is -0.216. The molecule has 0 heterocycles. The van der Waals surface area contributed by atoms with E-state index in [1.807, 2.05) is 36.4 Å². The van der Waals surface area contributed by atoms with E-state index in [1.165, 1.54) is 22.5 Å². The maximum Gasteiger partial charge on any atom is 0.549 e. The third kappa shape index (κ3) is 19.6. The van der Waals surface area contributed by atoms with Gasteiger partial charge in [0.05, 0.1) is 50.7 Å². The summed E-state index contributed by atoms with van der Waals surface area (Å²) in [6, 6.07) is 20.3. The summed E-state index contributed by atoms with van der Waals surface area (Å²) in [5.41, 5.74) is -1.17. The first kappa shape index (κ1) is 53.1. The first-order chi connectivity index (χ1) is 31.2. The monoisotopic (exact) mass is 948 g/mol. The van der Waals surface area contributed by atoms with E-state index in [2.05, 4.69) is 89.1 Å². The lowest BCUT2D eigenvalue weighted by atomic mass is 9.94. The summed E-state index contributed by atoms with van der Waals surface area (Å²) in [4.78, 5) is 103. The molecule has 0 aliphatic carbocycles. The summed E-state index contributed by atoms with van der Waals surface area (Å²) in [6.45, 7) is 11.9. The van der Waals surface area contributed by atoms with Crippen LogP contribution in [-0.4, -0.2) is 84.8 Å². The first-order valence-electron chi connectivity index (χ1n) is 21.7. The summed E-state index contributed by atoms with van der Waals surface area (Å²) >= 11 is 0. The fourth-order valence-corrected chi connectivity index (χ4v) is 11.2. The molecule has 0 radical (unpaired) electrons. The minimum atomic E-state index is -1.56. The highest BCUT2D eigenvalue weighted by atomic mass is 28.2. The highest BCUT2D eigenvalue weighted by Gasteiger charge is 2.33. The molecule has 0 aliphatic rings. The molecule has 3 rings (SSSR count). The molecule has 0 spiro atoms. The Bertz CT molecular complexity index is 1890. The molecule has 3 aromatic carbocycles. The van der Waals surface area contributed by atoms with Crippen LogP contribution in [0.1, 0.15) is 118 Å². The molecule has 0 amide bonds. The van der Waals surface area contributed by atoms with Crippen molar-refractivity contribution in [3.05, 3.63) is 123 Å². The van der Waals surface area contributed by atoms with Gasteiger partial charge in [-0.3, -0.25) is 0 Å². The Hall–Kier alpha value is -6.25. The van der Waals surface area contributed by atoms with Gasteiger partial charge < -0.3 is 14.2 Å². The van der Waals surface area contributed by atoms with Crippen LogP contribution in [-0.2, 0) is 43.5 Å². The quantitative estimate of drug-likeness (QED) is 0.0383. The summed E-state index contributed by atoms with van der Waals surface area (Å²) < 4.78 is 15.3. The molecule has 0 atom stereocenters. The number of carbonyl (C=O) groups excluding carboxylic acids is 6. The Balaban J connectivity index is 1.59. The molecule has 350 valence electrons. The van der Waals surface area contributed by atoms with Crippen LogP contribution >= 0.6 is 0 Å². The van der Waals surface area contributed by atoms with Gasteiger partial charge in [-0.2, -0.15) is 14.4 Å². The number of allylic oxidation sites excluding steroid dienone is 6.